The Labute approximate surface area is 126 Å². The molecule has 0 bridgehead atoms. The van der Waals surface area contributed by atoms with Crippen molar-refractivity contribution in [1.29, 1.82) is 0 Å². The van der Waals surface area contributed by atoms with E-state index in [1.165, 1.54) is 12.8 Å². The number of H-pyrrole nitrogens is 1. The maximum absolute atomic E-state index is 12.6. The highest BCUT2D eigenvalue weighted by Gasteiger charge is 2.41. The first-order chi connectivity index (χ1) is 9.96. The van der Waals surface area contributed by atoms with Gasteiger partial charge in [-0.3, -0.25) is 5.10 Å². The van der Waals surface area contributed by atoms with Gasteiger partial charge in [-0.15, -0.1) is 0 Å². The Morgan fingerprint density at radius 1 is 1.38 bits per heavy atom. The average Bonchev–Trinajstić information content (AvgIpc) is 3.35. The van der Waals surface area contributed by atoms with E-state index in [1.54, 1.807) is 6.92 Å². The van der Waals surface area contributed by atoms with Crippen LogP contribution in [0.2, 0.25) is 0 Å². The number of nitrogens with one attached hydrogen (secondary N) is 3. The summed E-state index contributed by atoms with van der Waals surface area (Å²) in [7, 11) is -3.49. The molecular formula is C14H24N4O2S. The number of rotatable bonds is 8. The number of hydrogen-bond acceptors (Lipinski definition) is 4. The van der Waals surface area contributed by atoms with Gasteiger partial charge in [-0.05, 0) is 44.4 Å². The van der Waals surface area contributed by atoms with Crippen LogP contribution in [0.25, 0.3) is 0 Å². The molecule has 1 aromatic rings. The first-order valence-electron chi connectivity index (χ1n) is 7.73. The Morgan fingerprint density at radius 3 is 2.67 bits per heavy atom. The van der Waals surface area contributed by atoms with Crippen LogP contribution in [0.1, 0.15) is 50.4 Å². The molecule has 0 unspecified atom stereocenters. The van der Waals surface area contributed by atoms with Crippen molar-refractivity contribution < 1.29 is 8.42 Å². The van der Waals surface area contributed by atoms with Gasteiger partial charge in [-0.2, -0.15) is 5.10 Å². The van der Waals surface area contributed by atoms with Crippen LogP contribution in [0.5, 0.6) is 0 Å². The molecule has 0 aliphatic heterocycles. The van der Waals surface area contributed by atoms with Gasteiger partial charge in [-0.1, -0.05) is 6.92 Å². The molecule has 2 fully saturated rings. The van der Waals surface area contributed by atoms with Gasteiger partial charge in [0.2, 0.25) is 10.0 Å². The lowest BCUT2D eigenvalue weighted by atomic mass is 10.1. The smallest absolute Gasteiger partial charge is 0.244 e. The zero-order valence-electron chi connectivity index (χ0n) is 12.7. The van der Waals surface area contributed by atoms with Crippen molar-refractivity contribution in [2.75, 3.05) is 6.54 Å². The molecule has 0 saturated heterocycles. The molecule has 6 nitrogen and oxygen atoms in total. The minimum Gasteiger partial charge on any atom is -0.308 e. The topological polar surface area (TPSA) is 86.9 Å². The fourth-order valence-corrected chi connectivity index (χ4v) is 4.14. The van der Waals surface area contributed by atoms with Crippen LogP contribution in [0, 0.1) is 12.3 Å². The van der Waals surface area contributed by atoms with E-state index in [-0.39, 0.29) is 5.41 Å². The van der Waals surface area contributed by atoms with Gasteiger partial charge < -0.3 is 5.32 Å². The highest BCUT2D eigenvalue weighted by molar-refractivity contribution is 7.89. The molecule has 118 valence electrons. The maximum atomic E-state index is 12.6. The highest BCUT2D eigenvalue weighted by atomic mass is 32.2. The summed E-state index contributed by atoms with van der Waals surface area (Å²) < 4.78 is 28.0. The fraction of sp³-hybridized carbons (Fsp3) is 0.786. The molecule has 0 atom stereocenters. The molecule has 3 N–H and O–H groups in total. The molecule has 7 heteroatoms. The average molecular weight is 312 g/mol. The third kappa shape index (κ3) is 3.30. The third-order valence-corrected chi connectivity index (χ3v) is 6.31. The summed E-state index contributed by atoms with van der Waals surface area (Å²) in [6.45, 7) is 4.92. The van der Waals surface area contributed by atoms with Crippen LogP contribution in [0.4, 0.5) is 0 Å². The second-order valence-corrected chi connectivity index (χ2v) is 8.16. The molecule has 2 aliphatic carbocycles. The van der Waals surface area contributed by atoms with Crippen LogP contribution >= 0.6 is 0 Å². The number of hydrogen-bond donors (Lipinski definition) is 3. The molecule has 2 saturated carbocycles. The predicted molar refractivity (Wildman–Crippen MR) is 80.3 cm³/mol. The molecule has 1 heterocycles. The molecular weight excluding hydrogens is 288 g/mol. The minimum atomic E-state index is -3.49. The Kier molecular flexibility index (Phi) is 3.83. The zero-order valence-corrected chi connectivity index (χ0v) is 13.5. The van der Waals surface area contributed by atoms with Crippen LogP contribution in [-0.4, -0.2) is 31.2 Å². The van der Waals surface area contributed by atoms with Gasteiger partial charge in [0.05, 0.1) is 11.4 Å². The van der Waals surface area contributed by atoms with Crippen molar-refractivity contribution >= 4 is 10.0 Å². The standard InChI is InChI=1S/C14H24N4O2S/c1-3-14(6-7-14)9-16-21(19,20)13-10(2)17-18-12(13)8-15-11-4-5-11/h11,15-16H,3-9H2,1-2H3,(H,17,18). The van der Waals surface area contributed by atoms with E-state index in [1.807, 2.05) is 0 Å². The molecule has 0 amide bonds. The maximum Gasteiger partial charge on any atom is 0.244 e. The lowest BCUT2D eigenvalue weighted by Gasteiger charge is -2.14. The predicted octanol–water partition coefficient (Wildman–Crippen LogP) is 1.44. The van der Waals surface area contributed by atoms with Gasteiger partial charge in [-0.25, -0.2) is 13.1 Å². The number of nitrogens with zero attached hydrogens (tertiary/aromatic N) is 1. The second-order valence-electron chi connectivity index (χ2n) is 6.46. The summed E-state index contributed by atoms with van der Waals surface area (Å²) in [4.78, 5) is 0.322. The number of aromatic nitrogens is 2. The van der Waals surface area contributed by atoms with Gasteiger partial charge >= 0.3 is 0 Å². The molecule has 2 aliphatic rings. The largest absolute Gasteiger partial charge is 0.308 e. The zero-order chi connectivity index (χ0) is 15.1. The lowest BCUT2D eigenvalue weighted by Crippen LogP contribution is -2.31. The lowest BCUT2D eigenvalue weighted by molar-refractivity contribution is 0.475. The Hall–Kier alpha value is -0.920. The van der Waals surface area contributed by atoms with Gasteiger partial charge in [0, 0.05) is 19.1 Å². The number of aryl methyl sites for hydroxylation is 1. The van der Waals surface area contributed by atoms with E-state index in [0.717, 1.165) is 19.3 Å². The molecule has 0 aromatic carbocycles. The number of aromatic amines is 1. The Balaban J connectivity index is 1.72. The van der Waals surface area contributed by atoms with Crippen LogP contribution in [-0.2, 0) is 16.6 Å². The van der Waals surface area contributed by atoms with Crippen LogP contribution in [0.3, 0.4) is 0 Å². The van der Waals surface area contributed by atoms with Crippen LogP contribution in [0.15, 0.2) is 4.90 Å². The SMILES string of the molecule is CCC1(CNS(=O)(=O)c2c(CNC3CC3)n[nH]c2C)CC1. The van der Waals surface area contributed by atoms with Gasteiger partial charge in [0.25, 0.3) is 0 Å². The third-order valence-electron chi connectivity index (χ3n) is 4.71. The summed E-state index contributed by atoms with van der Waals surface area (Å²) in [6, 6.07) is 0.528. The molecule has 0 radical (unpaired) electrons. The van der Waals surface area contributed by atoms with E-state index in [0.29, 0.717) is 35.4 Å². The van der Waals surface area contributed by atoms with E-state index in [4.69, 9.17) is 0 Å². The Bertz CT molecular complexity index is 615. The normalized spacial score (nSPS) is 20.7. The van der Waals surface area contributed by atoms with Crippen molar-refractivity contribution in [1.82, 2.24) is 20.2 Å². The molecule has 1 aromatic heterocycles. The summed E-state index contributed by atoms with van der Waals surface area (Å²) in [6.07, 6.45) is 5.60. The van der Waals surface area contributed by atoms with Gasteiger partial charge in [0.15, 0.2) is 0 Å². The van der Waals surface area contributed by atoms with Crippen molar-refractivity contribution in [3.8, 4) is 0 Å². The van der Waals surface area contributed by atoms with E-state index in [9.17, 15) is 8.42 Å². The molecule has 3 rings (SSSR count). The van der Waals surface area contributed by atoms with E-state index < -0.39 is 10.0 Å². The molecule has 21 heavy (non-hydrogen) atoms. The van der Waals surface area contributed by atoms with Crippen molar-refractivity contribution in [2.24, 2.45) is 5.41 Å². The van der Waals surface area contributed by atoms with Crippen molar-refractivity contribution in [3.05, 3.63) is 11.4 Å². The van der Waals surface area contributed by atoms with E-state index >= 15 is 0 Å². The van der Waals surface area contributed by atoms with Crippen molar-refractivity contribution in [3.63, 3.8) is 0 Å². The summed E-state index contributed by atoms with van der Waals surface area (Å²) >= 11 is 0. The second kappa shape index (κ2) is 5.37. The first-order valence-corrected chi connectivity index (χ1v) is 9.21. The van der Waals surface area contributed by atoms with Crippen LogP contribution < -0.4 is 10.0 Å². The highest BCUT2D eigenvalue weighted by Crippen LogP contribution is 2.48. The van der Waals surface area contributed by atoms with E-state index in [2.05, 4.69) is 27.2 Å². The number of sulfonamides is 1. The fourth-order valence-electron chi connectivity index (χ4n) is 2.63. The summed E-state index contributed by atoms with van der Waals surface area (Å²) in [5.41, 5.74) is 1.39. The summed E-state index contributed by atoms with van der Waals surface area (Å²) in [5, 5.41) is 10.3. The quantitative estimate of drug-likeness (QED) is 0.678. The monoisotopic (exact) mass is 312 g/mol. The Morgan fingerprint density at radius 2 is 2.10 bits per heavy atom. The molecule has 0 spiro atoms. The first kappa shape index (κ1) is 15.0. The van der Waals surface area contributed by atoms with Crippen molar-refractivity contribution in [2.45, 2.75) is 63.4 Å². The minimum absolute atomic E-state index is 0.192. The van der Waals surface area contributed by atoms with Gasteiger partial charge in [0.1, 0.15) is 4.90 Å². The summed E-state index contributed by atoms with van der Waals surface area (Å²) in [5.74, 6) is 0.